The van der Waals surface area contributed by atoms with Crippen LogP contribution in [0.15, 0.2) is 84.2 Å². The van der Waals surface area contributed by atoms with E-state index in [2.05, 4.69) is 150 Å². The predicted molar refractivity (Wildman–Crippen MR) is 462 cm³/mol. The molecule has 7 spiro atoms. The molecule has 14 aliphatic carbocycles. The van der Waals surface area contributed by atoms with Crippen molar-refractivity contribution in [3.8, 4) is 52.1 Å². The zero-order valence-electron chi connectivity index (χ0n) is 75.8. The van der Waals surface area contributed by atoms with Crippen LogP contribution in [0.1, 0.15) is 184 Å². The number of Topliss-reactive ketones (excluding diaryl/α,β-unsaturated/α-hetero) is 2. The molecule has 11 fully saturated rings. The smallest absolute Gasteiger partial charge is 0.497 e. The number of nitrogens with zero attached hydrogens (tertiary/aromatic N) is 5. The minimum absolute atomic E-state index is 0. The molecule has 21 heteroatoms. The van der Waals surface area contributed by atoms with Gasteiger partial charge >= 0.3 is 23.1 Å². The summed E-state index contributed by atoms with van der Waals surface area (Å²) < 4.78 is 74.6. The number of nitriles is 1. The van der Waals surface area contributed by atoms with Gasteiger partial charge in [0.15, 0.2) is 52.1 Å². The van der Waals surface area contributed by atoms with E-state index in [0.29, 0.717) is 24.2 Å². The fourth-order valence-electron chi connectivity index (χ4n) is 30.1. The second-order valence-electron chi connectivity index (χ2n) is 40.3. The van der Waals surface area contributed by atoms with Crippen molar-refractivity contribution in [3.05, 3.63) is 142 Å². The SMILES string of the molecule is CC#N.COC1=CC=C2C3Cc4ccc(OC)c5c4C2(CCN3C)C1O5.COc1ccc2c3c1O[C@@H]1C34CCN(C)C(C2)[C@]42C=C[C@@]1(OC)[C@@H](C(C)=O)C2.COc1ccc2c3c1O[C@@H]1C34CCN(C)C(C2)[C@]42CC[C@@]1(OC)[C@@H](C(C)=O)C2.COc1ccc2c3c1O[C@@H]1C34CCN(C)C(C2)[C@]42CC[C@@]1(OC)[C@@H]([C@](C)(O)C(C)(C)C)C2.C[C-](C)C.[CH3-].[Mg+2]. The summed E-state index contributed by atoms with van der Waals surface area (Å²) in [5.74, 6) is 9.45. The van der Waals surface area contributed by atoms with Crippen LogP contribution in [0.5, 0.6) is 46.0 Å². The van der Waals surface area contributed by atoms with Crippen molar-refractivity contribution in [1.82, 2.24) is 19.6 Å². The van der Waals surface area contributed by atoms with Crippen LogP contribution in [0.25, 0.3) is 0 Å². The van der Waals surface area contributed by atoms with Gasteiger partial charge in [-0.25, -0.2) is 0 Å². The first kappa shape index (κ1) is 87.1. The molecule has 644 valence electrons. The number of carbonyl (C=O) groups is 2. The molecular formula is C99H131MgN5O15. The van der Waals surface area contributed by atoms with Gasteiger partial charge in [0.2, 0.25) is 0 Å². The molecule has 0 radical (unpaired) electrons. The Labute approximate surface area is 729 Å². The van der Waals surface area contributed by atoms with Gasteiger partial charge in [-0.1, -0.05) is 63.3 Å². The largest absolute Gasteiger partial charge is 2.00 e. The Kier molecular flexibility index (Phi) is 21.5. The minimum atomic E-state index is -0.882. The van der Waals surface area contributed by atoms with E-state index in [1.165, 1.54) is 62.9 Å². The summed E-state index contributed by atoms with van der Waals surface area (Å²) in [6.45, 7) is 23.9. The molecule has 4 aromatic carbocycles. The summed E-state index contributed by atoms with van der Waals surface area (Å²) >= 11 is 0. The Bertz CT molecular complexity index is 4910. The van der Waals surface area contributed by atoms with E-state index < -0.39 is 22.4 Å². The number of aliphatic hydroxyl groups is 1. The number of fused-ring (bicyclic) bond motifs is 5. The summed E-state index contributed by atoms with van der Waals surface area (Å²) in [6.07, 6.45) is 23.6. The molecular weight excluding hydrogens is 1520 g/mol. The van der Waals surface area contributed by atoms with E-state index in [-0.39, 0.29) is 128 Å². The molecule has 7 saturated carbocycles. The topological polar surface area (TPSA) is 202 Å². The predicted octanol–water partition coefficient (Wildman–Crippen LogP) is 13.8. The van der Waals surface area contributed by atoms with Crippen LogP contribution in [0.4, 0.5) is 0 Å². The van der Waals surface area contributed by atoms with Gasteiger partial charge in [-0.3, -0.25) is 14.5 Å². The molecule has 26 rings (SSSR count). The Balaban J connectivity index is 0.000000116. The van der Waals surface area contributed by atoms with Crippen molar-refractivity contribution >= 4 is 34.6 Å². The Morgan fingerprint density at radius 2 is 0.933 bits per heavy atom. The van der Waals surface area contributed by atoms with Gasteiger partial charge in [-0.15, -0.1) is 0 Å². The quantitative estimate of drug-likeness (QED) is 0.0843. The van der Waals surface area contributed by atoms with E-state index in [1.807, 2.05) is 26.2 Å². The molecule has 4 saturated heterocycles. The van der Waals surface area contributed by atoms with Crippen LogP contribution < -0.4 is 37.9 Å². The molecule has 1 N–H and O–H groups in total. The van der Waals surface area contributed by atoms with Gasteiger partial charge < -0.3 is 90.0 Å². The third-order valence-electron chi connectivity index (χ3n) is 35.3. The van der Waals surface area contributed by atoms with Crippen molar-refractivity contribution in [2.45, 2.75) is 258 Å². The fourth-order valence-corrected chi connectivity index (χ4v) is 30.1. The van der Waals surface area contributed by atoms with Gasteiger partial charge in [-0.2, -0.15) is 26.0 Å². The standard InChI is InChI=1S/C27H39NO4.C23H29NO4.C23H27NO4.C19H21NO3.C4H9.C2H3N.CH3.Mg/c1-23(2,3)24(4,29)18-15-25-10-11-27(18,31-7)22-26(25)12-13-28(5)19(25)14-16-8-9-17(30-6)21(32-22)20(16)26;2*1-13(25)15-12-21-7-8-23(15,27-4)20-22(21)9-10-24(2)17(21)11-14-5-6-16(26-3)19(28-20)18(14)22;1-20-9-8-19-12-5-7-15(22-3)18(19)23-17-14(21-2)6-4-11(16(17)19)10-13(12)20;1-4(2)3;1-2-3;;/h8-9,18-19,22,29H,10-15H2,1-7H3;5-6,15,17,20H,7-12H2,1-4H3;5-8,15,17,20H,9-12H2,1-4H3;4-7,13,18H,8-10H2,1-3H3;1-3H3;1H3;1H3;/q;;;;-1;;-1;+2/t18-,19?,22-,24+,25-,26?,27-;2*15-,17?,20-,21-,22?,23-;;;;;/m111...../s1. The number of hydrogen-bond donors (Lipinski definition) is 1. The number of methoxy groups -OCH3 is 8. The molecule has 22 atom stereocenters. The molecule has 0 aromatic heterocycles. The molecule has 120 heavy (non-hydrogen) atoms. The number of rotatable bonds is 11. The van der Waals surface area contributed by atoms with Crippen LogP contribution in [-0.2, 0) is 75.9 Å². The first-order valence-corrected chi connectivity index (χ1v) is 43.7. The molecule has 4 aromatic rings. The minimum Gasteiger partial charge on any atom is -0.497 e. The van der Waals surface area contributed by atoms with E-state index in [9.17, 15) is 14.7 Å². The van der Waals surface area contributed by atoms with Crippen LogP contribution in [0.3, 0.4) is 0 Å². The number of likely N-dealkylation sites (tertiary alicyclic amines) is 4. The number of ether oxygens (including phenoxy) is 12. The summed E-state index contributed by atoms with van der Waals surface area (Å²) in [5, 5.41) is 19.4. The summed E-state index contributed by atoms with van der Waals surface area (Å²) in [4.78, 5) is 35.8. The zero-order valence-corrected chi connectivity index (χ0v) is 77.2. The van der Waals surface area contributed by atoms with Gasteiger partial charge in [0.25, 0.3) is 0 Å². The fraction of sp³-hybridized carbons (Fsp3) is 0.646. The maximum Gasteiger partial charge on any atom is 2.00 e. The maximum absolute atomic E-state index is 12.8. The van der Waals surface area contributed by atoms with Crippen LogP contribution in [0, 0.1) is 64.1 Å². The van der Waals surface area contributed by atoms with Crippen molar-refractivity contribution < 1.29 is 71.5 Å². The zero-order chi connectivity index (χ0) is 83.9. The van der Waals surface area contributed by atoms with Gasteiger partial charge in [0, 0.05) is 108 Å². The summed E-state index contributed by atoms with van der Waals surface area (Å²) in [7, 11) is 23.0. The number of allylic oxidation sites excluding steroid dienone is 2. The van der Waals surface area contributed by atoms with Crippen LogP contribution in [-0.4, -0.2) is 242 Å². The van der Waals surface area contributed by atoms with Crippen LogP contribution >= 0.6 is 0 Å². The third-order valence-corrected chi connectivity index (χ3v) is 35.3. The van der Waals surface area contributed by atoms with Gasteiger partial charge in [0.05, 0.1) is 69.9 Å². The number of carbonyl (C=O) groups excluding carboxylic acids is 2. The first-order chi connectivity index (χ1) is 56.2. The van der Waals surface area contributed by atoms with E-state index >= 15 is 0 Å². The Morgan fingerprint density at radius 3 is 1.40 bits per heavy atom. The number of benzene rings is 4. The molecule has 14 bridgehead atoms. The average Bonchev–Trinajstić information content (AvgIpc) is 1.38. The Hall–Kier alpha value is -6.42. The average molecular weight is 1660 g/mol. The monoisotopic (exact) mass is 1650 g/mol. The molecule has 20 nitrogen and oxygen atoms in total. The second kappa shape index (κ2) is 29.6. The van der Waals surface area contributed by atoms with E-state index in [0.717, 1.165) is 174 Å². The van der Waals surface area contributed by atoms with E-state index in [4.69, 9.17) is 62.1 Å². The molecule has 8 heterocycles. The molecule has 8 aliphatic heterocycles. The maximum atomic E-state index is 12.8. The van der Waals surface area contributed by atoms with Crippen molar-refractivity contribution in [1.29, 1.82) is 5.26 Å². The van der Waals surface area contributed by atoms with Gasteiger partial charge in [-0.05, 0) is 235 Å². The number of ketones is 2. The number of piperidine rings is 4. The second-order valence-corrected chi connectivity index (χ2v) is 40.3. The van der Waals surface area contributed by atoms with Crippen molar-refractivity contribution in [2.24, 2.45) is 39.4 Å². The van der Waals surface area contributed by atoms with Crippen molar-refractivity contribution in [3.63, 3.8) is 0 Å². The first-order valence-electron chi connectivity index (χ1n) is 43.7. The molecule has 0 amide bonds. The Morgan fingerprint density at radius 1 is 0.508 bits per heavy atom. The number of hydrogen-bond acceptors (Lipinski definition) is 20. The van der Waals surface area contributed by atoms with Crippen molar-refractivity contribution in [2.75, 3.05) is 111 Å². The third kappa shape index (κ3) is 10.6. The normalized spacial score (nSPS) is 39.1. The molecule has 22 aliphatic rings. The van der Waals surface area contributed by atoms with E-state index in [1.54, 1.807) is 69.7 Å². The van der Waals surface area contributed by atoms with Gasteiger partial charge in [0.1, 0.15) is 52.4 Å². The summed E-state index contributed by atoms with van der Waals surface area (Å²) in [6, 6.07) is 20.7. The summed E-state index contributed by atoms with van der Waals surface area (Å²) in [5.41, 5.74) is 9.29. The van der Waals surface area contributed by atoms with Crippen LogP contribution in [0.2, 0.25) is 0 Å². The molecule has 9 unspecified atom stereocenters. The number of likely N-dealkylation sites (N-methyl/N-ethyl adjacent to an activating group) is 4.